The molecule has 0 aliphatic carbocycles. The standard InChI is InChI=1S/C26H35N3O4.ClH/c1-18(2)16-22(28-24(30)21(27)15-14-19-10-6-4-7-11-19)25(31)29-23(26(32)33-3)17-20-12-8-5-9-13-20;/h4-13,18,21-23H,14-17,27H2,1-3H3,(H,28,30)(H,29,31);1H/t21?,22-,23-;/m0./s1. The highest BCUT2D eigenvalue weighted by atomic mass is 35.5. The van der Waals surface area contributed by atoms with E-state index in [-0.39, 0.29) is 30.7 Å². The molecule has 0 aromatic heterocycles. The normalized spacial score (nSPS) is 13.2. The minimum absolute atomic E-state index is 0. The van der Waals surface area contributed by atoms with E-state index in [9.17, 15) is 14.4 Å². The Balaban J connectivity index is 0.00000578. The van der Waals surface area contributed by atoms with Gasteiger partial charge < -0.3 is 21.1 Å². The summed E-state index contributed by atoms with van der Waals surface area (Å²) in [6.07, 6.45) is 1.84. The number of carbonyl (C=O) groups is 3. The van der Waals surface area contributed by atoms with E-state index in [1.807, 2.05) is 74.5 Å². The molecule has 2 rings (SSSR count). The molecule has 2 aromatic rings. The van der Waals surface area contributed by atoms with Gasteiger partial charge in [-0.2, -0.15) is 0 Å². The summed E-state index contributed by atoms with van der Waals surface area (Å²) in [5.74, 6) is -1.21. The number of nitrogens with one attached hydrogen (secondary N) is 2. The summed E-state index contributed by atoms with van der Waals surface area (Å²) >= 11 is 0. The van der Waals surface area contributed by atoms with Gasteiger partial charge in [-0.15, -0.1) is 12.4 Å². The maximum absolute atomic E-state index is 13.1. The summed E-state index contributed by atoms with van der Waals surface area (Å²) in [7, 11) is 1.28. The number of aryl methyl sites for hydroxylation is 1. The van der Waals surface area contributed by atoms with Crippen LogP contribution in [0, 0.1) is 5.92 Å². The Morgan fingerprint density at radius 1 is 0.853 bits per heavy atom. The highest BCUT2D eigenvalue weighted by molar-refractivity contribution is 5.92. The lowest BCUT2D eigenvalue weighted by molar-refractivity contribution is -0.145. The van der Waals surface area contributed by atoms with Crippen LogP contribution in [-0.4, -0.2) is 43.0 Å². The van der Waals surface area contributed by atoms with Crippen molar-refractivity contribution in [2.24, 2.45) is 11.7 Å². The first kappa shape index (κ1) is 29.1. The smallest absolute Gasteiger partial charge is 0.328 e. The second-order valence-electron chi connectivity index (χ2n) is 8.60. The van der Waals surface area contributed by atoms with Gasteiger partial charge in [0.05, 0.1) is 13.2 Å². The minimum Gasteiger partial charge on any atom is -0.467 e. The molecule has 0 aliphatic rings. The quantitative estimate of drug-likeness (QED) is 0.397. The number of rotatable bonds is 12. The molecule has 0 fully saturated rings. The van der Waals surface area contributed by atoms with Crippen LogP contribution in [0.2, 0.25) is 0 Å². The van der Waals surface area contributed by atoms with Gasteiger partial charge in [0.15, 0.2) is 0 Å². The van der Waals surface area contributed by atoms with E-state index in [2.05, 4.69) is 10.6 Å². The Kier molecular flexibility index (Phi) is 12.9. The molecule has 4 N–H and O–H groups in total. The third-order valence-corrected chi connectivity index (χ3v) is 5.35. The van der Waals surface area contributed by atoms with E-state index in [0.29, 0.717) is 19.3 Å². The SMILES string of the molecule is COC(=O)[C@H](Cc1ccccc1)NC(=O)[C@H](CC(C)C)NC(=O)C(N)CCc1ccccc1.Cl. The molecule has 8 heteroatoms. The Morgan fingerprint density at radius 3 is 1.91 bits per heavy atom. The molecular formula is C26H36ClN3O4. The molecule has 3 atom stereocenters. The van der Waals surface area contributed by atoms with E-state index in [4.69, 9.17) is 10.5 Å². The zero-order valence-electron chi connectivity index (χ0n) is 20.0. The van der Waals surface area contributed by atoms with Crippen LogP contribution in [0.3, 0.4) is 0 Å². The van der Waals surface area contributed by atoms with Crippen LogP contribution < -0.4 is 16.4 Å². The second-order valence-corrected chi connectivity index (χ2v) is 8.60. The topological polar surface area (TPSA) is 111 Å². The van der Waals surface area contributed by atoms with Crippen molar-refractivity contribution in [1.29, 1.82) is 0 Å². The van der Waals surface area contributed by atoms with E-state index in [0.717, 1.165) is 11.1 Å². The summed E-state index contributed by atoms with van der Waals surface area (Å²) in [6, 6.07) is 16.7. The fraction of sp³-hybridized carbons (Fsp3) is 0.423. The first-order valence-electron chi connectivity index (χ1n) is 11.3. The van der Waals surface area contributed by atoms with E-state index in [1.54, 1.807) is 0 Å². The summed E-state index contributed by atoms with van der Waals surface area (Å²) in [5.41, 5.74) is 8.09. The summed E-state index contributed by atoms with van der Waals surface area (Å²) in [5, 5.41) is 5.54. The molecule has 0 saturated heterocycles. The van der Waals surface area contributed by atoms with E-state index in [1.165, 1.54) is 7.11 Å². The number of amides is 2. The molecule has 0 heterocycles. The molecule has 34 heavy (non-hydrogen) atoms. The molecule has 2 aromatic carbocycles. The average Bonchev–Trinajstić information content (AvgIpc) is 2.82. The van der Waals surface area contributed by atoms with Crippen LogP contribution in [0.15, 0.2) is 60.7 Å². The van der Waals surface area contributed by atoms with Gasteiger partial charge >= 0.3 is 5.97 Å². The lowest BCUT2D eigenvalue weighted by atomic mass is 10.00. The second kappa shape index (κ2) is 15.1. The fourth-order valence-electron chi connectivity index (χ4n) is 3.54. The molecule has 0 spiro atoms. The molecule has 7 nitrogen and oxygen atoms in total. The lowest BCUT2D eigenvalue weighted by Gasteiger charge is -2.24. The van der Waals surface area contributed by atoms with Crippen molar-refractivity contribution in [2.45, 2.75) is 57.7 Å². The summed E-state index contributed by atoms with van der Waals surface area (Å²) in [6.45, 7) is 3.92. The third-order valence-electron chi connectivity index (χ3n) is 5.35. The zero-order chi connectivity index (χ0) is 24.2. The first-order chi connectivity index (χ1) is 15.8. The molecule has 2 amide bonds. The van der Waals surface area contributed by atoms with Crippen molar-refractivity contribution in [3.63, 3.8) is 0 Å². The Morgan fingerprint density at radius 2 is 1.38 bits per heavy atom. The number of ether oxygens (including phenoxy) is 1. The zero-order valence-corrected chi connectivity index (χ0v) is 20.8. The monoisotopic (exact) mass is 489 g/mol. The maximum Gasteiger partial charge on any atom is 0.328 e. The van der Waals surface area contributed by atoms with Gasteiger partial charge in [-0.25, -0.2) is 4.79 Å². The minimum atomic E-state index is -0.858. The number of hydrogen-bond donors (Lipinski definition) is 3. The van der Waals surface area contributed by atoms with Crippen LogP contribution >= 0.6 is 12.4 Å². The van der Waals surface area contributed by atoms with Crippen molar-refractivity contribution in [3.8, 4) is 0 Å². The van der Waals surface area contributed by atoms with Crippen LogP contribution in [0.25, 0.3) is 0 Å². The number of carbonyl (C=O) groups excluding carboxylic acids is 3. The lowest BCUT2D eigenvalue weighted by Crippen LogP contribution is -2.55. The third kappa shape index (κ3) is 9.93. The van der Waals surface area contributed by atoms with Crippen molar-refractivity contribution >= 4 is 30.2 Å². The number of methoxy groups -OCH3 is 1. The van der Waals surface area contributed by atoms with Crippen LogP contribution in [-0.2, 0) is 32.0 Å². The average molecular weight is 490 g/mol. The number of nitrogens with two attached hydrogens (primary N) is 1. The number of halogens is 1. The van der Waals surface area contributed by atoms with Crippen LogP contribution in [0.4, 0.5) is 0 Å². The molecule has 186 valence electrons. The molecule has 0 aliphatic heterocycles. The van der Waals surface area contributed by atoms with Crippen LogP contribution in [0.1, 0.15) is 37.8 Å². The summed E-state index contributed by atoms with van der Waals surface area (Å²) in [4.78, 5) is 38.1. The molecule has 0 radical (unpaired) electrons. The highest BCUT2D eigenvalue weighted by Gasteiger charge is 2.29. The number of benzene rings is 2. The maximum atomic E-state index is 13.1. The Hall–Kier alpha value is -2.90. The van der Waals surface area contributed by atoms with Crippen LogP contribution in [0.5, 0.6) is 0 Å². The van der Waals surface area contributed by atoms with Gasteiger partial charge in [-0.05, 0) is 36.3 Å². The van der Waals surface area contributed by atoms with Crippen molar-refractivity contribution in [2.75, 3.05) is 7.11 Å². The summed E-state index contributed by atoms with van der Waals surface area (Å²) < 4.78 is 4.88. The van der Waals surface area contributed by atoms with Gasteiger partial charge in [0.25, 0.3) is 0 Å². The Bertz CT molecular complexity index is 893. The predicted molar refractivity (Wildman–Crippen MR) is 135 cm³/mol. The van der Waals surface area contributed by atoms with Gasteiger partial charge in [-0.1, -0.05) is 74.5 Å². The van der Waals surface area contributed by atoms with Gasteiger partial charge in [0.1, 0.15) is 12.1 Å². The van der Waals surface area contributed by atoms with Gasteiger partial charge in [0.2, 0.25) is 11.8 Å². The fourth-order valence-corrected chi connectivity index (χ4v) is 3.54. The highest BCUT2D eigenvalue weighted by Crippen LogP contribution is 2.10. The first-order valence-corrected chi connectivity index (χ1v) is 11.3. The molecule has 0 saturated carbocycles. The van der Waals surface area contributed by atoms with Crippen molar-refractivity contribution in [3.05, 3.63) is 71.8 Å². The molecule has 0 bridgehead atoms. The van der Waals surface area contributed by atoms with Gasteiger partial charge in [0, 0.05) is 6.42 Å². The van der Waals surface area contributed by atoms with Crippen molar-refractivity contribution in [1.82, 2.24) is 10.6 Å². The van der Waals surface area contributed by atoms with E-state index >= 15 is 0 Å². The number of esters is 1. The van der Waals surface area contributed by atoms with Crippen molar-refractivity contribution < 1.29 is 19.1 Å². The Labute approximate surface area is 208 Å². The molecular weight excluding hydrogens is 454 g/mol. The molecule has 1 unspecified atom stereocenters. The predicted octanol–water partition coefficient (Wildman–Crippen LogP) is 2.80. The largest absolute Gasteiger partial charge is 0.467 e. The van der Waals surface area contributed by atoms with E-state index < -0.39 is 30.0 Å². The number of hydrogen-bond acceptors (Lipinski definition) is 5. The van der Waals surface area contributed by atoms with Gasteiger partial charge in [-0.3, -0.25) is 9.59 Å².